The van der Waals surface area contributed by atoms with Gasteiger partial charge in [0.15, 0.2) is 8.32 Å². The van der Waals surface area contributed by atoms with Crippen LogP contribution in [0.4, 0.5) is 10.5 Å². The fourth-order valence-electron chi connectivity index (χ4n) is 4.20. The van der Waals surface area contributed by atoms with Crippen LogP contribution < -0.4 is 16.4 Å². The highest BCUT2D eigenvalue weighted by molar-refractivity contribution is 6.74. The van der Waals surface area contributed by atoms with Gasteiger partial charge in [0, 0.05) is 31.2 Å². The van der Waals surface area contributed by atoms with Gasteiger partial charge in [-0.25, -0.2) is 9.78 Å². The lowest BCUT2D eigenvalue weighted by molar-refractivity contribution is 0.0995. The number of nitrogens with two attached hydrogens (primary N) is 1. The molecule has 40 heavy (non-hydrogen) atoms. The third-order valence-corrected chi connectivity index (χ3v) is 12.2. The number of amides is 3. The number of carbonyl (C=O) groups excluding carboxylic acids is 2. The average Bonchev–Trinajstić information content (AvgIpc) is 3.55. The molecule has 9 nitrogen and oxygen atoms in total. The molecule has 0 saturated carbocycles. The molecule has 0 aliphatic carbocycles. The van der Waals surface area contributed by atoms with Gasteiger partial charge in [-0.05, 0) is 53.7 Å². The number of nitrogens with one attached hydrogen (secondary N) is 2. The number of rotatable bonds is 11. The minimum absolute atomic E-state index is 0.0303. The van der Waals surface area contributed by atoms with Crippen LogP contribution in [0.25, 0.3) is 10.9 Å². The van der Waals surface area contributed by atoms with E-state index in [1.54, 1.807) is 12.5 Å². The number of aryl methyl sites for hydroxylation is 1. The van der Waals surface area contributed by atoms with E-state index in [0.29, 0.717) is 19.7 Å². The van der Waals surface area contributed by atoms with Crippen LogP contribution in [0.2, 0.25) is 18.1 Å². The number of carbonyl (C=O) groups is 2. The summed E-state index contributed by atoms with van der Waals surface area (Å²) in [5.41, 5.74) is 8.48. The Labute approximate surface area is 236 Å². The van der Waals surface area contributed by atoms with Crippen molar-refractivity contribution < 1.29 is 14.0 Å². The number of aromatic nitrogens is 3. The predicted molar refractivity (Wildman–Crippen MR) is 162 cm³/mol. The molecule has 0 spiro atoms. The number of fused-ring (bicyclic) bond motifs is 1. The van der Waals surface area contributed by atoms with Crippen LogP contribution in [0, 0.1) is 0 Å². The SMILES string of the molecule is CC(C)(C)[Si](C)(C)OC[C@@H](CCn1ccc2ccc(NC(=O)NCc3ccccc3)cc21)n1cnc(C(N)=O)c1. The summed E-state index contributed by atoms with van der Waals surface area (Å²) in [7, 11) is -1.98. The Bertz CT molecular complexity index is 1460. The van der Waals surface area contributed by atoms with Crippen molar-refractivity contribution in [2.75, 3.05) is 11.9 Å². The van der Waals surface area contributed by atoms with Crippen molar-refractivity contribution in [3.05, 3.63) is 84.6 Å². The second-order valence-electron chi connectivity index (χ2n) is 11.7. The number of hydrogen-bond donors (Lipinski definition) is 3. The summed E-state index contributed by atoms with van der Waals surface area (Å²) in [5, 5.41) is 7.01. The number of hydrogen-bond acceptors (Lipinski definition) is 4. The van der Waals surface area contributed by atoms with Crippen LogP contribution in [-0.4, -0.2) is 41.0 Å². The van der Waals surface area contributed by atoms with Crippen molar-refractivity contribution in [1.29, 1.82) is 0 Å². The highest BCUT2D eigenvalue weighted by Gasteiger charge is 2.37. The van der Waals surface area contributed by atoms with Crippen molar-refractivity contribution in [3.63, 3.8) is 0 Å². The summed E-state index contributed by atoms with van der Waals surface area (Å²) < 4.78 is 10.7. The van der Waals surface area contributed by atoms with Gasteiger partial charge >= 0.3 is 6.03 Å². The van der Waals surface area contributed by atoms with E-state index in [4.69, 9.17) is 10.2 Å². The molecule has 0 bridgehead atoms. The minimum atomic E-state index is -1.98. The third-order valence-electron chi connectivity index (χ3n) is 7.75. The topological polar surface area (TPSA) is 116 Å². The molecule has 4 N–H and O–H groups in total. The number of imidazole rings is 1. The zero-order chi connectivity index (χ0) is 28.9. The molecule has 3 amide bonds. The molecule has 212 valence electrons. The van der Waals surface area contributed by atoms with Gasteiger partial charge in [-0.2, -0.15) is 0 Å². The standard InChI is InChI=1S/C30H40N6O3Si/c1-30(2,3)40(4,5)39-20-25(36-19-26(28(31)37)33-21-36)14-16-35-15-13-23-11-12-24(17-27(23)35)34-29(38)32-18-22-9-7-6-8-10-22/h6-13,15,17,19,21,25H,14,16,18,20H2,1-5H3,(H2,31,37)(H2,32,34,38)/t25-/m1/s1. The molecule has 4 rings (SSSR count). The van der Waals surface area contributed by atoms with Crippen LogP contribution in [0.3, 0.4) is 0 Å². The highest BCUT2D eigenvalue weighted by atomic mass is 28.4. The molecule has 0 aliphatic rings. The quantitative estimate of drug-likeness (QED) is 0.198. The van der Waals surface area contributed by atoms with E-state index in [0.717, 1.165) is 28.6 Å². The first kappa shape index (κ1) is 29.1. The van der Waals surface area contributed by atoms with Gasteiger partial charge in [-0.1, -0.05) is 57.2 Å². The number of nitrogens with zero attached hydrogens (tertiary/aromatic N) is 3. The summed E-state index contributed by atoms with van der Waals surface area (Å²) in [6, 6.07) is 17.5. The van der Waals surface area contributed by atoms with E-state index in [2.05, 4.69) is 66.3 Å². The Kier molecular flexibility index (Phi) is 8.80. The van der Waals surface area contributed by atoms with Gasteiger partial charge in [0.1, 0.15) is 5.69 Å². The van der Waals surface area contributed by atoms with Crippen molar-refractivity contribution in [2.45, 2.75) is 64.5 Å². The highest BCUT2D eigenvalue weighted by Crippen LogP contribution is 2.37. The summed E-state index contributed by atoms with van der Waals surface area (Å²) >= 11 is 0. The van der Waals surface area contributed by atoms with Crippen LogP contribution >= 0.6 is 0 Å². The van der Waals surface area contributed by atoms with Gasteiger partial charge < -0.3 is 29.9 Å². The summed E-state index contributed by atoms with van der Waals surface area (Å²) in [4.78, 5) is 28.4. The molecule has 0 fully saturated rings. The van der Waals surface area contributed by atoms with E-state index in [9.17, 15) is 9.59 Å². The molecule has 0 aliphatic heterocycles. The molecule has 1 atom stereocenters. The molecule has 10 heteroatoms. The Morgan fingerprint density at radius 1 is 1.10 bits per heavy atom. The lowest BCUT2D eigenvalue weighted by atomic mass is 10.2. The first-order valence-corrected chi connectivity index (χ1v) is 16.5. The Morgan fingerprint density at radius 2 is 1.85 bits per heavy atom. The van der Waals surface area contributed by atoms with E-state index in [-0.39, 0.29) is 22.8 Å². The molecule has 0 radical (unpaired) electrons. The molecule has 0 unspecified atom stereocenters. The van der Waals surface area contributed by atoms with Crippen LogP contribution in [0.15, 0.2) is 73.3 Å². The van der Waals surface area contributed by atoms with E-state index >= 15 is 0 Å². The zero-order valence-electron chi connectivity index (χ0n) is 24.0. The first-order chi connectivity index (χ1) is 18.9. The molecular weight excluding hydrogens is 520 g/mol. The van der Waals surface area contributed by atoms with E-state index in [1.165, 1.54) is 0 Å². The molecular formula is C30H40N6O3Si. The van der Waals surface area contributed by atoms with Gasteiger partial charge in [-0.3, -0.25) is 4.79 Å². The largest absolute Gasteiger partial charge is 0.415 e. The second-order valence-corrected chi connectivity index (χ2v) is 16.5. The average molecular weight is 561 g/mol. The molecule has 2 heterocycles. The Balaban J connectivity index is 1.46. The molecule has 2 aromatic heterocycles. The van der Waals surface area contributed by atoms with Crippen molar-refractivity contribution in [1.82, 2.24) is 19.4 Å². The summed E-state index contributed by atoms with van der Waals surface area (Å²) in [5.74, 6) is -0.549. The second kappa shape index (κ2) is 12.1. The smallest absolute Gasteiger partial charge is 0.319 e. The van der Waals surface area contributed by atoms with Gasteiger partial charge in [-0.15, -0.1) is 0 Å². The molecule has 2 aromatic carbocycles. The van der Waals surface area contributed by atoms with Crippen molar-refractivity contribution >= 4 is 36.8 Å². The monoisotopic (exact) mass is 560 g/mol. The third kappa shape index (κ3) is 7.19. The maximum Gasteiger partial charge on any atom is 0.319 e. The van der Waals surface area contributed by atoms with E-state index in [1.807, 2.05) is 53.1 Å². The van der Waals surface area contributed by atoms with Crippen molar-refractivity contribution in [2.24, 2.45) is 5.73 Å². The lowest BCUT2D eigenvalue weighted by Gasteiger charge is -2.37. The fraction of sp³-hybridized carbons (Fsp3) is 0.367. The molecule has 0 saturated heterocycles. The first-order valence-electron chi connectivity index (χ1n) is 13.6. The minimum Gasteiger partial charge on any atom is -0.415 e. The van der Waals surface area contributed by atoms with Gasteiger partial charge in [0.2, 0.25) is 0 Å². The maximum absolute atomic E-state index is 12.5. The number of urea groups is 1. The zero-order valence-corrected chi connectivity index (χ0v) is 25.0. The molecule has 4 aromatic rings. The van der Waals surface area contributed by atoms with Crippen LogP contribution in [0.1, 0.15) is 49.3 Å². The Morgan fingerprint density at radius 3 is 2.52 bits per heavy atom. The summed E-state index contributed by atoms with van der Waals surface area (Å²) in [6.07, 6.45) is 6.16. The number of primary amides is 1. The van der Waals surface area contributed by atoms with Gasteiger partial charge in [0.25, 0.3) is 5.91 Å². The van der Waals surface area contributed by atoms with Crippen LogP contribution in [0.5, 0.6) is 0 Å². The van der Waals surface area contributed by atoms with Crippen LogP contribution in [-0.2, 0) is 17.5 Å². The predicted octanol–water partition coefficient (Wildman–Crippen LogP) is 5.91. The maximum atomic E-state index is 12.5. The summed E-state index contributed by atoms with van der Waals surface area (Å²) in [6.45, 7) is 12.8. The number of anilines is 1. The normalized spacial score (nSPS) is 12.8. The van der Waals surface area contributed by atoms with E-state index < -0.39 is 14.2 Å². The Hall–Kier alpha value is -3.89. The lowest BCUT2D eigenvalue weighted by Crippen LogP contribution is -2.42. The number of benzene rings is 2. The fourth-order valence-corrected chi connectivity index (χ4v) is 5.24. The van der Waals surface area contributed by atoms with Crippen molar-refractivity contribution in [3.8, 4) is 0 Å². The van der Waals surface area contributed by atoms with Gasteiger partial charge in [0.05, 0.1) is 24.5 Å².